The lowest BCUT2D eigenvalue weighted by Crippen LogP contribution is -2.26. The van der Waals surface area contributed by atoms with Gasteiger partial charge in [0.25, 0.3) is 5.56 Å². The lowest BCUT2D eigenvalue weighted by Gasteiger charge is -2.12. The van der Waals surface area contributed by atoms with Crippen molar-refractivity contribution in [2.75, 3.05) is 5.75 Å². The first-order valence-electron chi connectivity index (χ1n) is 8.43. The van der Waals surface area contributed by atoms with Crippen molar-refractivity contribution in [2.45, 2.75) is 18.2 Å². The van der Waals surface area contributed by atoms with Crippen LogP contribution in [0.1, 0.15) is 5.56 Å². The lowest BCUT2D eigenvalue weighted by atomic mass is 10.2. The summed E-state index contributed by atoms with van der Waals surface area (Å²) in [4.78, 5) is 29.5. The fraction of sp³-hybridized carbons (Fsp3) is 0.150. The Morgan fingerprint density at radius 1 is 1.25 bits per heavy atom. The number of nitrogens with one attached hydrogen (secondary N) is 1. The van der Waals surface area contributed by atoms with Crippen molar-refractivity contribution in [1.82, 2.24) is 14.9 Å². The molecule has 0 radical (unpaired) electrons. The Balaban J connectivity index is 1.76. The molecule has 1 amide bonds. The molecule has 0 saturated heterocycles. The van der Waals surface area contributed by atoms with Crippen LogP contribution in [0, 0.1) is 0 Å². The van der Waals surface area contributed by atoms with Gasteiger partial charge in [-0.1, -0.05) is 59.2 Å². The molecule has 0 atom stereocenters. The third kappa shape index (κ3) is 4.76. The van der Waals surface area contributed by atoms with Crippen LogP contribution in [0.5, 0.6) is 0 Å². The molecule has 0 bridgehead atoms. The van der Waals surface area contributed by atoms with Gasteiger partial charge in [0.15, 0.2) is 5.16 Å². The second kappa shape index (κ2) is 9.28. The number of carbonyl (C=O) groups is 1. The number of carbonyl (C=O) groups excluding carboxylic acids is 1. The average molecular weight is 434 g/mol. The number of halogens is 2. The van der Waals surface area contributed by atoms with Gasteiger partial charge in [-0.2, -0.15) is 0 Å². The highest BCUT2D eigenvalue weighted by molar-refractivity contribution is 7.99. The van der Waals surface area contributed by atoms with E-state index in [9.17, 15) is 9.59 Å². The Kier molecular flexibility index (Phi) is 6.78. The van der Waals surface area contributed by atoms with Crippen LogP contribution >= 0.6 is 35.0 Å². The van der Waals surface area contributed by atoms with E-state index >= 15 is 0 Å². The number of fused-ring (bicyclic) bond motifs is 1. The number of thioether (sulfide) groups is 1. The molecule has 8 heteroatoms. The molecule has 3 rings (SSSR count). The Morgan fingerprint density at radius 3 is 2.79 bits per heavy atom. The van der Waals surface area contributed by atoms with E-state index in [4.69, 9.17) is 23.2 Å². The lowest BCUT2D eigenvalue weighted by molar-refractivity contribution is -0.118. The van der Waals surface area contributed by atoms with Crippen LogP contribution in [0.2, 0.25) is 10.0 Å². The van der Waals surface area contributed by atoms with E-state index in [1.165, 1.54) is 16.3 Å². The van der Waals surface area contributed by atoms with Gasteiger partial charge in [-0.25, -0.2) is 4.98 Å². The van der Waals surface area contributed by atoms with E-state index in [1.807, 2.05) is 18.2 Å². The first-order valence-corrected chi connectivity index (χ1v) is 10.2. The van der Waals surface area contributed by atoms with E-state index in [-0.39, 0.29) is 17.2 Å². The smallest absolute Gasteiger partial charge is 0.262 e. The van der Waals surface area contributed by atoms with Crippen molar-refractivity contribution in [1.29, 1.82) is 0 Å². The predicted molar refractivity (Wildman–Crippen MR) is 115 cm³/mol. The quantitative estimate of drug-likeness (QED) is 0.342. The van der Waals surface area contributed by atoms with Crippen LogP contribution in [0.4, 0.5) is 0 Å². The van der Waals surface area contributed by atoms with Crippen LogP contribution < -0.4 is 10.9 Å². The molecule has 0 aliphatic rings. The van der Waals surface area contributed by atoms with Gasteiger partial charge in [0.1, 0.15) is 0 Å². The summed E-state index contributed by atoms with van der Waals surface area (Å²) in [5, 5.41) is 4.83. The van der Waals surface area contributed by atoms with Gasteiger partial charge in [-0.15, -0.1) is 6.58 Å². The summed E-state index contributed by atoms with van der Waals surface area (Å²) in [7, 11) is 0. The second-order valence-electron chi connectivity index (χ2n) is 5.92. The third-order valence-electron chi connectivity index (χ3n) is 3.96. The first kappa shape index (κ1) is 20.5. The van der Waals surface area contributed by atoms with Crippen molar-refractivity contribution in [2.24, 2.45) is 0 Å². The molecule has 1 N–H and O–H groups in total. The molecule has 1 aromatic heterocycles. The maximum Gasteiger partial charge on any atom is 0.262 e. The molecular formula is C20H17Cl2N3O2S. The minimum absolute atomic E-state index is 0.111. The van der Waals surface area contributed by atoms with E-state index in [0.717, 1.165) is 5.56 Å². The molecular weight excluding hydrogens is 417 g/mol. The highest BCUT2D eigenvalue weighted by Gasteiger charge is 2.13. The van der Waals surface area contributed by atoms with Gasteiger partial charge >= 0.3 is 0 Å². The number of rotatable bonds is 7. The van der Waals surface area contributed by atoms with Crippen LogP contribution in [0.3, 0.4) is 0 Å². The first-order chi connectivity index (χ1) is 13.5. The van der Waals surface area contributed by atoms with Crippen LogP contribution in [-0.4, -0.2) is 21.2 Å². The number of aromatic nitrogens is 2. The zero-order valence-electron chi connectivity index (χ0n) is 14.8. The summed E-state index contributed by atoms with van der Waals surface area (Å²) >= 11 is 13.3. The van der Waals surface area contributed by atoms with Crippen molar-refractivity contribution in [3.05, 3.63) is 81.1 Å². The topological polar surface area (TPSA) is 64.0 Å². The van der Waals surface area contributed by atoms with Crippen LogP contribution in [0.25, 0.3) is 10.9 Å². The highest BCUT2D eigenvalue weighted by atomic mass is 35.5. The van der Waals surface area contributed by atoms with E-state index in [1.54, 1.807) is 30.3 Å². The predicted octanol–water partition coefficient (Wildman–Crippen LogP) is 4.30. The van der Waals surface area contributed by atoms with E-state index in [0.29, 0.717) is 39.2 Å². The van der Waals surface area contributed by atoms with Crippen LogP contribution in [0.15, 0.2) is 65.1 Å². The second-order valence-corrected chi connectivity index (χ2v) is 7.70. The summed E-state index contributed by atoms with van der Waals surface area (Å²) in [6, 6.07) is 12.3. The summed E-state index contributed by atoms with van der Waals surface area (Å²) < 4.78 is 1.50. The SMILES string of the molecule is C=CCn1c(SCC(=O)NCc2ccccc2Cl)nc2cc(Cl)ccc2c1=O. The van der Waals surface area contributed by atoms with Gasteiger partial charge in [0.2, 0.25) is 5.91 Å². The zero-order valence-corrected chi connectivity index (χ0v) is 17.2. The molecule has 0 fully saturated rings. The molecule has 144 valence electrons. The molecule has 0 aliphatic heterocycles. The minimum Gasteiger partial charge on any atom is -0.351 e. The Morgan fingerprint density at radius 2 is 2.04 bits per heavy atom. The maximum absolute atomic E-state index is 12.7. The monoisotopic (exact) mass is 433 g/mol. The number of allylic oxidation sites excluding steroid dienone is 1. The van der Waals surface area contributed by atoms with Gasteiger partial charge in [0, 0.05) is 23.1 Å². The summed E-state index contributed by atoms with van der Waals surface area (Å²) in [6.07, 6.45) is 1.62. The maximum atomic E-state index is 12.7. The standard InChI is InChI=1S/C20H17Cl2N3O2S/c1-2-9-25-19(27)15-8-7-14(21)10-17(15)24-20(25)28-12-18(26)23-11-13-5-3-4-6-16(13)22/h2-8,10H,1,9,11-12H2,(H,23,26). The third-order valence-corrected chi connectivity index (χ3v) is 5.54. The Labute approximate surface area is 176 Å². The van der Waals surface area contributed by atoms with E-state index in [2.05, 4.69) is 16.9 Å². The zero-order chi connectivity index (χ0) is 20.1. The van der Waals surface area contributed by atoms with Gasteiger partial charge in [-0.05, 0) is 29.8 Å². The molecule has 0 saturated carbocycles. The fourth-order valence-corrected chi connectivity index (χ4v) is 3.80. The summed E-state index contributed by atoms with van der Waals surface area (Å²) in [5.74, 6) is -0.0735. The molecule has 0 unspecified atom stereocenters. The van der Waals surface area contributed by atoms with Crippen molar-refractivity contribution in [3.63, 3.8) is 0 Å². The van der Waals surface area contributed by atoms with Crippen LogP contribution in [-0.2, 0) is 17.9 Å². The van der Waals surface area contributed by atoms with Crippen molar-refractivity contribution in [3.8, 4) is 0 Å². The van der Waals surface area contributed by atoms with Gasteiger partial charge in [0.05, 0.1) is 16.7 Å². The number of amides is 1. The number of hydrogen-bond acceptors (Lipinski definition) is 4. The van der Waals surface area contributed by atoms with Crippen molar-refractivity contribution < 1.29 is 4.79 Å². The molecule has 3 aromatic rings. The number of hydrogen-bond donors (Lipinski definition) is 1. The molecule has 0 aliphatic carbocycles. The van der Waals surface area contributed by atoms with Gasteiger partial charge < -0.3 is 5.32 Å². The normalized spacial score (nSPS) is 10.8. The van der Waals surface area contributed by atoms with E-state index < -0.39 is 0 Å². The Bertz CT molecular complexity index is 1100. The number of nitrogens with zero attached hydrogens (tertiary/aromatic N) is 2. The average Bonchev–Trinajstić information content (AvgIpc) is 2.68. The largest absolute Gasteiger partial charge is 0.351 e. The van der Waals surface area contributed by atoms with Gasteiger partial charge in [-0.3, -0.25) is 14.2 Å². The summed E-state index contributed by atoms with van der Waals surface area (Å²) in [5.41, 5.74) is 1.14. The summed E-state index contributed by atoms with van der Waals surface area (Å²) in [6.45, 7) is 4.32. The minimum atomic E-state index is -0.194. The highest BCUT2D eigenvalue weighted by Crippen LogP contribution is 2.21. The number of benzene rings is 2. The molecule has 5 nitrogen and oxygen atoms in total. The fourth-order valence-electron chi connectivity index (χ4n) is 2.59. The molecule has 28 heavy (non-hydrogen) atoms. The van der Waals surface area contributed by atoms with Crippen molar-refractivity contribution >= 4 is 51.8 Å². The molecule has 0 spiro atoms. The Hall–Kier alpha value is -2.28. The molecule has 1 heterocycles. The molecule has 2 aromatic carbocycles.